The molecule has 2 fully saturated rings. The smallest absolute Gasteiger partial charge is 0.0334 e. The highest BCUT2D eigenvalue weighted by molar-refractivity contribution is 4.97. The van der Waals surface area contributed by atoms with Gasteiger partial charge in [0.2, 0.25) is 0 Å². The molecule has 0 bridgehead atoms. The van der Waals surface area contributed by atoms with Crippen LogP contribution in [0.4, 0.5) is 0 Å². The number of nitrogens with two attached hydrogens (primary N) is 1. The number of rotatable bonds is 3. The Balaban J connectivity index is 1.98. The number of nitrogens with zero attached hydrogens (tertiary/aromatic N) is 1. The zero-order chi connectivity index (χ0) is 12.3. The molecule has 0 radical (unpaired) electrons. The molecule has 2 aliphatic rings. The Morgan fingerprint density at radius 2 is 1.94 bits per heavy atom. The number of likely N-dealkylation sites (tertiary alicyclic amines) is 1. The van der Waals surface area contributed by atoms with Gasteiger partial charge < -0.3 is 5.73 Å². The first-order valence-corrected chi connectivity index (χ1v) is 7.65. The molecule has 2 rings (SSSR count). The lowest BCUT2D eigenvalue weighted by molar-refractivity contribution is 0.0124. The molecule has 2 nitrogen and oxygen atoms in total. The molecule has 0 aromatic rings. The monoisotopic (exact) mass is 238 g/mol. The van der Waals surface area contributed by atoms with Crippen molar-refractivity contribution in [1.29, 1.82) is 0 Å². The number of piperidine rings is 1. The molecule has 1 aliphatic heterocycles. The summed E-state index contributed by atoms with van der Waals surface area (Å²) in [6, 6.07) is 0. The third-order valence-corrected chi connectivity index (χ3v) is 5.31. The van der Waals surface area contributed by atoms with Gasteiger partial charge in [-0.25, -0.2) is 0 Å². The maximum Gasteiger partial charge on any atom is 0.0334 e. The molecule has 100 valence electrons. The van der Waals surface area contributed by atoms with E-state index in [1.807, 2.05) is 0 Å². The predicted octanol–water partition coefficient (Wildman–Crippen LogP) is 3.02. The molecule has 0 spiro atoms. The van der Waals surface area contributed by atoms with Crippen molar-refractivity contribution in [3.63, 3.8) is 0 Å². The maximum absolute atomic E-state index is 6.16. The van der Waals surface area contributed by atoms with Gasteiger partial charge in [-0.1, -0.05) is 33.1 Å². The second kappa shape index (κ2) is 5.71. The molecule has 0 amide bonds. The van der Waals surface area contributed by atoms with Crippen LogP contribution >= 0.6 is 0 Å². The normalized spacial score (nSPS) is 37.2. The van der Waals surface area contributed by atoms with Crippen LogP contribution < -0.4 is 5.73 Å². The molecule has 0 aromatic carbocycles. The summed E-state index contributed by atoms with van der Waals surface area (Å²) in [5, 5.41) is 0. The largest absolute Gasteiger partial charge is 0.329 e. The zero-order valence-electron chi connectivity index (χ0n) is 11.8. The first-order chi connectivity index (χ1) is 8.20. The average molecular weight is 238 g/mol. The standard InChI is InChI=1S/C15H30N2/c1-3-14-6-9-17(10-7-14)15(12-16)8-4-5-13(2)11-15/h13-14H,3-12,16H2,1-2H3. The van der Waals surface area contributed by atoms with Crippen molar-refractivity contribution >= 4 is 0 Å². The third-order valence-electron chi connectivity index (χ3n) is 5.31. The van der Waals surface area contributed by atoms with Crippen LogP contribution in [0.5, 0.6) is 0 Å². The van der Waals surface area contributed by atoms with Crippen LogP contribution in [-0.2, 0) is 0 Å². The van der Waals surface area contributed by atoms with E-state index in [1.54, 1.807) is 0 Å². The van der Waals surface area contributed by atoms with Gasteiger partial charge in [0, 0.05) is 12.1 Å². The minimum absolute atomic E-state index is 0.358. The van der Waals surface area contributed by atoms with Crippen molar-refractivity contribution in [1.82, 2.24) is 4.90 Å². The summed E-state index contributed by atoms with van der Waals surface area (Å²) in [5.74, 6) is 1.85. The highest BCUT2D eigenvalue weighted by Gasteiger charge is 2.40. The molecular weight excluding hydrogens is 208 g/mol. The Morgan fingerprint density at radius 3 is 2.47 bits per heavy atom. The first-order valence-electron chi connectivity index (χ1n) is 7.65. The summed E-state index contributed by atoms with van der Waals surface area (Å²) in [6.07, 6.45) is 9.61. The van der Waals surface area contributed by atoms with Gasteiger partial charge >= 0.3 is 0 Å². The van der Waals surface area contributed by atoms with Crippen LogP contribution in [0.25, 0.3) is 0 Å². The summed E-state index contributed by atoms with van der Waals surface area (Å²) < 4.78 is 0. The van der Waals surface area contributed by atoms with Crippen molar-refractivity contribution in [2.75, 3.05) is 19.6 Å². The van der Waals surface area contributed by atoms with E-state index in [4.69, 9.17) is 5.73 Å². The molecule has 17 heavy (non-hydrogen) atoms. The van der Waals surface area contributed by atoms with Gasteiger partial charge in [-0.2, -0.15) is 0 Å². The van der Waals surface area contributed by atoms with Crippen LogP contribution in [0.15, 0.2) is 0 Å². The molecule has 2 heteroatoms. The average Bonchev–Trinajstić information content (AvgIpc) is 2.38. The predicted molar refractivity (Wildman–Crippen MR) is 74.0 cm³/mol. The van der Waals surface area contributed by atoms with E-state index in [2.05, 4.69) is 18.7 Å². The van der Waals surface area contributed by atoms with Crippen molar-refractivity contribution in [3.8, 4) is 0 Å². The van der Waals surface area contributed by atoms with Crippen LogP contribution in [0, 0.1) is 11.8 Å². The molecule has 1 heterocycles. The van der Waals surface area contributed by atoms with E-state index in [9.17, 15) is 0 Å². The van der Waals surface area contributed by atoms with E-state index in [0.29, 0.717) is 5.54 Å². The van der Waals surface area contributed by atoms with E-state index < -0.39 is 0 Å². The van der Waals surface area contributed by atoms with E-state index in [1.165, 1.54) is 58.0 Å². The number of hydrogen-bond donors (Lipinski definition) is 1. The Kier molecular flexibility index (Phi) is 4.48. The molecular formula is C15H30N2. The van der Waals surface area contributed by atoms with Gasteiger partial charge in [-0.15, -0.1) is 0 Å². The van der Waals surface area contributed by atoms with Crippen LogP contribution in [0.3, 0.4) is 0 Å². The van der Waals surface area contributed by atoms with Crippen molar-refractivity contribution < 1.29 is 0 Å². The highest BCUT2D eigenvalue weighted by atomic mass is 15.2. The third kappa shape index (κ3) is 2.85. The minimum Gasteiger partial charge on any atom is -0.329 e. The second-order valence-electron chi connectivity index (χ2n) is 6.47. The fraction of sp³-hybridized carbons (Fsp3) is 1.00. The molecule has 0 aromatic heterocycles. The lowest BCUT2D eigenvalue weighted by Crippen LogP contribution is -2.58. The fourth-order valence-electron chi connectivity index (χ4n) is 4.05. The topological polar surface area (TPSA) is 29.3 Å². The Bertz CT molecular complexity index is 233. The summed E-state index contributed by atoms with van der Waals surface area (Å²) >= 11 is 0. The zero-order valence-corrected chi connectivity index (χ0v) is 11.8. The maximum atomic E-state index is 6.16. The van der Waals surface area contributed by atoms with Gasteiger partial charge in [0.15, 0.2) is 0 Å². The minimum atomic E-state index is 0.358. The molecule has 2 atom stereocenters. The summed E-state index contributed by atoms with van der Waals surface area (Å²) in [6.45, 7) is 8.20. The molecule has 1 saturated heterocycles. The van der Waals surface area contributed by atoms with Crippen LogP contribution in [0.1, 0.15) is 58.8 Å². The summed E-state index contributed by atoms with van der Waals surface area (Å²) in [5.41, 5.74) is 6.51. The highest BCUT2D eigenvalue weighted by Crippen LogP contribution is 2.38. The fourth-order valence-corrected chi connectivity index (χ4v) is 4.05. The summed E-state index contributed by atoms with van der Waals surface area (Å²) in [4.78, 5) is 2.74. The van der Waals surface area contributed by atoms with Crippen LogP contribution in [-0.4, -0.2) is 30.1 Å². The second-order valence-corrected chi connectivity index (χ2v) is 6.47. The molecule has 1 aliphatic carbocycles. The SMILES string of the molecule is CCC1CCN(C2(CN)CCCC(C)C2)CC1. The Labute approximate surface area is 107 Å². The molecule has 1 saturated carbocycles. The molecule has 2 N–H and O–H groups in total. The lowest BCUT2D eigenvalue weighted by Gasteiger charge is -2.50. The number of hydrogen-bond acceptors (Lipinski definition) is 2. The molecule has 2 unspecified atom stereocenters. The van der Waals surface area contributed by atoms with Crippen LogP contribution in [0.2, 0.25) is 0 Å². The van der Waals surface area contributed by atoms with Gasteiger partial charge in [0.1, 0.15) is 0 Å². The van der Waals surface area contributed by atoms with E-state index in [-0.39, 0.29) is 0 Å². The van der Waals surface area contributed by atoms with Crippen molar-refractivity contribution in [3.05, 3.63) is 0 Å². The van der Waals surface area contributed by atoms with E-state index >= 15 is 0 Å². The van der Waals surface area contributed by atoms with Gasteiger partial charge in [-0.05, 0) is 50.6 Å². The summed E-state index contributed by atoms with van der Waals surface area (Å²) in [7, 11) is 0. The first kappa shape index (κ1) is 13.4. The quantitative estimate of drug-likeness (QED) is 0.819. The Morgan fingerprint density at radius 1 is 1.24 bits per heavy atom. The van der Waals surface area contributed by atoms with Crippen molar-refractivity contribution in [2.45, 2.75) is 64.3 Å². The van der Waals surface area contributed by atoms with Gasteiger partial charge in [0.25, 0.3) is 0 Å². The van der Waals surface area contributed by atoms with E-state index in [0.717, 1.165) is 18.4 Å². The van der Waals surface area contributed by atoms with Gasteiger partial charge in [-0.3, -0.25) is 4.90 Å². The van der Waals surface area contributed by atoms with Crippen molar-refractivity contribution in [2.24, 2.45) is 17.6 Å². The van der Waals surface area contributed by atoms with Gasteiger partial charge in [0.05, 0.1) is 0 Å². The lowest BCUT2D eigenvalue weighted by atomic mass is 9.74. The Hall–Kier alpha value is -0.0800.